The van der Waals surface area contributed by atoms with Gasteiger partial charge in [0.25, 0.3) is 6.29 Å². The first kappa shape index (κ1) is 10.5. The third-order valence-electron chi connectivity index (χ3n) is 1.02. The number of nitrogens with two attached hydrogens (primary N) is 2. The van der Waals surface area contributed by atoms with E-state index in [9.17, 15) is 9.59 Å². The second-order valence-electron chi connectivity index (χ2n) is 2.09. The molecular formula is C6H12N2O4. The van der Waals surface area contributed by atoms with E-state index in [0.717, 1.165) is 0 Å². The Hall–Kier alpha value is -1.46. The van der Waals surface area contributed by atoms with Gasteiger partial charge in [-0.05, 0) is 6.42 Å². The molecule has 0 aliphatic rings. The third-order valence-corrected chi connectivity index (χ3v) is 1.02. The van der Waals surface area contributed by atoms with E-state index < -0.39 is 18.5 Å². The van der Waals surface area contributed by atoms with E-state index in [1.807, 2.05) is 6.92 Å². The normalized spacial score (nSPS) is 9.50. The van der Waals surface area contributed by atoms with Gasteiger partial charge in [-0.2, -0.15) is 0 Å². The zero-order chi connectivity index (χ0) is 9.56. The fourth-order valence-electron chi connectivity index (χ4n) is 0.637. The molecule has 6 nitrogen and oxygen atoms in total. The van der Waals surface area contributed by atoms with Gasteiger partial charge in [-0.15, -0.1) is 0 Å². The molecule has 2 amide bonds. The molecule has 6 heteroatoms. The van der Waals surface area contributed by atoms with Gasteiger partial charge in [0.2, 0.25) is 0 Å². The minimum Gasteiger partial charge on any atom is -0.409 e. The summed E-state index contributed by atoms with van der Waals surface area (Å²) in [6.45, 7) is 1.84. The van der Waals surface area contributed by atoms with Crippen molar-refractivity contribution in [3.63, 3.8) is 0 Å². The lowest BCUT2D eigenvalue weighted by atomic mass is 10.3. The van der Waals surface area contributed by atoms with Gasteiger partial charge in [0, 0.05) is 6.42 Å². The van der Waals surface area contributed by atoms with Crippen molar-refractivity contribution in [2.45, 2.75) is 26.1 Å². The van der Waals surface area contributed by atoms with Crippen molar-refractivity contribution < 1.29 is 19.1 Å². The Morgan fingerprint density at radius 3 is 1.92 bits per heavy atom. The summed E-state index contributed by atoms with van der Waals surface area (Å²) >= 11 is 0. The van der Waals surface area contributed by atoms with Crippen molar-refractivity contribution in [3.8, 4) is 0 Å². The Morgan fingerprint density at radius 1 is 1.25 bits per heavy atom. The maximum absolute atomic E-state index is 10.2. The third kappa shape index (κ3) is 5.33. The summed E-state index contributed by atoms with van der Waals surface area (Å²) < 4.78 is 8.83. The molecule has 4 N–H and O–H groups in total. The highest BCUT2D eigenvalue weighted by atomic mass is 16.7. The van der Waals surface area contributed by atoms with Gasteiger partial charge in [-0.25, -0.2) is 9.59 Å². The number of carbonyl (C=O) groups excluding carboxylic acids is 2. The predicted molar refractivity (Wildman–Crippen MR) is 40.0 cm³/mol. The molecule has 0 rings (SSSR count). The van der Waals surface area contributed by atoms with Gasteiger partial charge in [0.05, 0.1) is 0 Å². The van der Waals surface area contributed by atoms with Crippen LogP contribution in [0, 0.1) is 0 Å². The highest BCUT2D eigenvalue weighted by Gasteiger charge is 2.14. The lowest BCUT2D eigenvalue weighted by molar-refractivity contribution is -0.0596. The van der Waals surface area contributed by atoms with E-state index in [4.69, 9.17) is 11.5 Å². The van der Waals surface area contributed by atoms with Crippen LogP contribution < -0.4 is 11.5 Å². The van der Waals surface area contributed by atoms with Crippen LogP contribution in [0.15, 0.2) is 0 Å². The highest BCUT2D eigenvalue weighted by Crippen LogP contribution is 2.03. The number of rotatable bonds is 4. The maximum Gasteiger partial charge on any atom is 0.407 e. The van der Waals surface area contributed by atoms with Crippen molar-refractivity contribution in [3.05, 3.63) is 0 Å². The summed E-state index contributed by atoms with van der Waals surface area (Å²) in [5.74, 6) is 0. The number of hydrogen-bond donors (Lipinski definition) is 2. The Morgan fingerprint density at radius 2 is 1.67 bits per heavy atom. The van der Waals surface area contributed by atoms with Crippen molar-refractivity contribution in [1.82, 2.24) is 0 Å². The zero-order valence-electron chi connectivity index (χ0n) is 6.78. The summed E-state index contributed by atoms with van der Waals surface area (Å²) in [4.78, 5) is 20.5. The molecule has 0 aromatic heterocycles. The maximum atomic E-state index is 10.2. The molecule has 0 atom stereocenters. The fraction of sp³-hybridized carbons (Fsp3) is 0.667. The van der Waals surface area contributed by atoms with Gasteiger partial charge in [-0.1, -0.05) is 6.92 Å². The minimum atomic E-state index is -0.991. The Labute approximate surface area is 69.8 Å². The standard InChI is InChI=1S/C6H12N2O4/c1-2-3-4(11-5(7)9)12-6(8)10/h4H,2-3H2,1H3,(H2,7,9)(H2,8,10). The van der Waals surface area contributed by atoms with Crippen LogP contribution >= 0.6 is 0 Å². The number of hydrogen-bond acceptors (Lipinski definition) is 4. The second-order valence-corrected chi connectivity index (χ2v) is 2.09. The number of amides is 2. The summed E-state index contributed by atoms with van der Waals surface area (Å²) in [5, 5.41) is 0. The molecule has 0 radical (unpaired) electrons. The van der Waals surface area contributed by atoms with E-state index in [1.54, 1.807) is 0 Å². The van der Waals surface area contributed by atoms with E-state index in [-0.39, 0.29) is 0 Å². The van der Waals surface area contributed by atoms with Crippen LogP contribution in [-0.4, -0.2) is 18.5 Å². The van der Waals surface area contributed by atoms with Crippen LogP contribution in [0.25, 0.3) is 0 Å². The van der Waals surface area contributed by atoms with Crippen LogP contribution in [0.3, 0.4) is 0 Å². The molecule has 0 saturated heterocycles. The molecular weight excluding hydrogens is 164 g/mol. The summed E-state index contributed by atoms with van der Waals surface area (Å²) in [5.41, 5.74) is 9.41. The first-order valence-electron chi connectivity index (χ1n) is 3.48. The van der Waals surface area contributed by atoms with Crippen LogP contribution in [0.5, 0.6) is 0 Å². The average molecular weight is 176 g/mol. The van der Waals surface area contributed by atoms with Gasteiger partial charge in [0.1, 0.15) is 0 Å². The Balaban J connectivity index is 3.85. The summed E-state index contributed by atoms with van der Waals surface area (Å²) in [7, 11) is 0. The molecule has 0 fully saturated rings. The first-order valence-corrected chi connectivity index (χ1v) is 3.48. The fourth-order valence-corrected chi connectivity index (χ4v) is 0.637. The van der Waals surface area contributed by atoms with Crippen molar-refractivity contribution in [1.29, 1.82) is 0 Å². The van der Waals surface area contributed by atoms with Gasteiger partial charge in [0.15, 0.2) is 0 Å². The van der Waals surface area contributed by atoms with E-state index in [1.165, 1.54) is 0 Å². The van der Waals surface area contributed by atoms with Crippen molar-refractivity contribution in [2.75, 3.05) is 0 Å². The molecule has 0 spiro atoms. The smallest absolute Gasteiger partial charge is 0.407 e. The molecule has 12 heavy (non-hydrogen) atoms. The van der Waals surface area contributed by atoms with Crippen molar-refractivity contribution >= 4 is 12.2 Å². The monoisotopic (exact) mass is 176 g/mol. The van der Waals surface area contributed by atoms with E-state index in [2.05, 4.69) is 9.47 Å². The molecule has 0 saturated carbocycles. The minimum absolute atomic E-state index is 0.381. The molecule has 0 unspecified atom stereocenters. The quantitative estimate of drug-likeness (QED) is 0.601. The molecule has 0 aromatic rings. The van der Waals surface area contributed by atoms with E-state index in [0.29, 0.717) is 12.8 Å². The largest absolute Gasteiger partial charge is 0.409 e. The SMILES string of the molecule is CCCC(OC(N)=O)OC(N)=O. The molecule has 0 aliphatic carbocycles. The van der Waals surface area contributed by atoms with Gasteiger partial charge >= 0.3 is 12.2 Å². The number of carbonyl (C=O) groups is 2. The first-order chi connectivity index (χ1) is 5.56. The predicted octanol–water partition coefficient (Wildman–Crippen LogP) is 0.303. The zero-order valence-corrected chi connectivity index (χ0v) is 6.78. The summed E-state index contributed by atoms with van der Waals surface area (Å²) in [6.07, 6.45) is -1.88. The van der Waals surface area contributed by atoms with Gasteiger partial charge < -0.3 is 20.9 Å². The van der Waals surface area contributed by atoms with Crippen LogP contribution in [-0.2, 0) is 9.47 Å². The Bertz CT molecular complexity index is 155. The lowest BCUT2D eigenvalue weighted by Gasteiger charge is -2.14. The highest BCUT2D eigenvalue weighted by molar-refractivity contribution is 5.66. The molecule has 70 valence electrons. The second kappa shape index (κ2) is 5.22. The van der Waals surface area contributed by atoms with Crippen LogP contribution in [0.1, 0.15) is 19.8 Å². The number of ether oxygens (including phenoxy) is 2. The molecule has 0 heterocycles. The van der Waals surface area contributed by atoms with E-state index >= 15 is 0 Å². The molecule has 0 bridgehead atoms. The topological polar surface area (TPSA) is 105 Å². The number of primary amides is 2. The molecule has 0 aromatic carbocycles. The average Bonchev–Trinajstić information content (AvgIpc) is 1.84. The van der Waals surface area contributed by atoms with Crippen LogP contribution in [0.2, 0.25) is 0 Å². The Kier molecular flexibility index (Phi) is 4.59. The molecule has 0 aliphatic heterocycles. The van der Waals surface area contributed by atoms with Crippen LogP contribution in [0.4, 0.5) is 9.59 Å². The van der Waals surface area contributed by atoms with Crippen molar-refractivity contribution in [2.24, 2.45) is 11.5 Å². The van der Waals surface area contributed by atoms with Gasteiger partial charge in [-0.3, -0.25) is 0 Å². The summed E-state index contributed by atoms with van der Waals surface area (Å²) in [6, 6.07) is 0. The lowest BCUT2D eigenvalue weighted by Crippen LogP contribution is -2.29.